The van der Waals surface area contributed by atoms with Crippen molar-refractivity contribution in [2.45, 2.75) is 43.9 Å². The summed E-state index contributed by atoms with van der Waals surface area (Å²) in [6.45, 7) is 5.92. The quantitative estimate of drug-likeness (QED) is 0.934. The summed E-state index contributed by atoms with van der Waals surface area (Å²) in [5, 5.41) is 0. The third-order valence-corrected chi connectivity index (χ3v) is 7.11. The summed E-state index contributed by atoms with van der Waals surface area (Å²) in [6.07, 6.45) is 1.96. The second kappa shape index (κ2) is 5.07. The van der Waals surface area contributed by atoms with Crippen LogP contribution < -0.4 is 4.72 Å². The molecule has 1 aliphatic carbocycles. The van der Waals surface area contributed by atoms with Crippen molar-refractivity contribution in [3.63, 3.8) is 0 Å². The molecule has 3 unspecified atom stereocenters. The number of aromatic nitrogens is 1. The molecule has 1 N–H and O–H groups in total. The number of hydrogen-bond acceptors (Lipinski definition) is 4. The molecule has 1 aromatic rings. The number of nitrogens with zero attached hydrogens (tertiary/aromatic N) is 1. The van der Waals surface area contributed by atoms with Gasteiger partial charge in [0.1, 0.15) is 0 Å². The second-order valence-corrected chi connectivity index (χ2v) is 8.47. The van der Waals surface area contributed by atoms with E-state index in [4.69, 9.17) is 11.6 Å². The fraction of sp³-hybridized carbons (Fsp3) is 0.727. The summed E-state index contributed by atoms with van der Waals surface area (Å²) in [6, 6.07) is 0.0188. The van der Waals surface area contributed by atoms with Crippen LogP contribution in [0.2, 0.25) is 4.47 Å². The number of aryl methyl sites for hydroxylation is 1. The fourth-order valence-electron chi connectivity index (χ4n) is 2.38. The lowest BCUT2D eigenvalue weighted by atomic mass is 9.98. The van der Waals surface area contributed by atoms with Gasteiger partial charge in [-0.25, -0.2) is 18.1 Å². The Balaban J connectivity index is 2.20. The first-order chi connectivity index (χ1) is 8.31. The van der Waals surface area contributed by atoms with Crippen LogP contribution in [0.3, 0.4) is 0 Å². The third-order valence-electron chi connectivity index (χ3n) is 3.74. The molecule has 2 rings (SSSR count). The number of hydrogen-bond donors (Lipinski definition) is 1. The van der Waals surface area contributed by atoms with Crippen LogP contribution in [0.5, 0.6) is 0 Å². The highest BCUT2D eigenvalue weighted by Gasteiger charge is 2.34. The van der Waals surface area contributed by atoms with Crippen molar-refractivity contribution in [2.75, 3.05) is 0 Å². The topological polar surface area (TPSA) is 59.1 Å². The smallest absolute Gasteiger partial charge is 0.229 e. The van der Waals surface area contributed by atoms with Crippen molar-refractivity contribution >= 4 is 33.0 Å². The maximum atomic E-state index is 12.3. The number of sulfonamides is 1. The van der Waals surface area contributed by atoms with Crippen LogP contribution >= 0.6 is 22.9 Å². The molecule has 0 aromatic carbocycles. The molecule has 0 radical (unpaired) electrons. The van der Waals surface area contributed by atoms with E-state index in [9.17, 15) is 8.42 Å². The SMILES string of the molecule is Cc1nc(Cl)sc1S(=O)(=O)NC1CCC(C)C1C. The molecule has 102 valence electrons. The molecular formula is C11H17ClN2O2S2. The Kier molecular flexibility index (Phi) is 4.02. The molecule has 1 aromatic heterocycles. The van der Waals surface area contributed by atoms with Crippen LogP contribution in [0.4, 0.5) is 0 Å². The molecule has 7 heteroatoms. The normalized spacial score (nSPS) is 28.8. The van der Waals surface area contributed by atoms with Gasteiger partial charge < -0.3 is 0 Å². The van der Waals surface area contributed by atoms with Gasteiger partial charge in [0.05, 0.1) is 5.69 Å². The van der Waals surface area contributed by atoms with E-state index in [2.05, 4.69) is 23.6 Å². The molecule has 4 nitrogen and oxygen atoms in total. The summed E-state index contributed by atoms with van der Waals surface area (Å²) in [4.78, 5) is 3.95. The first kappa shape index (κ1) is 14.2. The highest BCUT2D eigenvalue weighted by Crippen LogP contribution is 2.33. The van der Waals surface area contributed by atoms with E-state index in [-0.39, 0.29) is 14.7 Å². The zero-order chi connectivity index (χ0) is 13.5. The second-order valence-electron chi connectivity index (χ2n) is 4.98. The van der Waals surface area contributed by atoms with E-state index in [0.29, 0.717) is 17.5 Å². The molecule has 1 aliphatic rings. The maximum Gasteiger partial charge on any atom is 0.252 e. The molecule has 0 saturated heterocycles. The van der Waals surface area contributed by atoms with Gasteiger partial charge in [-0.3, -0.25) is 0 Å². The Morgan fingerprint density at radius 2 is 2.06 bits per heavy atom. The Bertz CT molecular complexity index is 541. The van der Waals surface area contributed by atoms with Crippen LogP contribution in [0.1, 0.15) is 32.4 Å². The molecule has 0 amide bonds. The van der Waals surface area contributed by atoms with E-state index < -0.39 is 10.0 Å². The molecule has 18 heavy (non-hydrogen) atoms. The summed E-state index contributed by atoms with van der Waals surface area (Å²) in [7, 11) is -3.49. The summed E-state index contributed by atoms with van der Waals surface area (Å²) in [5.74, 6) is 0.923. The minimum absolute atomic E-state index is 0.0188. The van der Waals surface area contributed by atoms with Gasteiger partial charge in [0.2, 0.25) is 0 Å². The zero-order valence-electron chi connectivity index (χ0n) is 10.6. The number of thiazole rings is 1. The van der Waals surface area contributed by atoms with Gasteiger partial charge in [0.15, 0.2) is 8.68 Å². The predicted octanol–water partition coefficient (Wildman–Crippen LogP) is 2.82. The molecule has 3 atom stereocenters. The summed E-state index contributed by atoms with van der Waals surface area (Å²) < 4.78 is 27.8. The van der Waals surface area contributed by atoms with Crippen LogP contribution in [0.15, 0.2) is 4.21 Å². The van der Waals surface area contributed by atoms with E-state index in [1.807, 2.05) is 0 Å². The van der Waals surface area contributed by atoms with Crippen molar-refractivity contribution in [3.05, 3.63) is 10.2 Å². The Morgan fingerprint density at radius 1 is 1.39 bits per heavy atom. The average Bonchev–Trinajstić information content (AvgIpc) is 2.75. The van der Waals surface area contributed by atoms with E-state index in [1.54, 1.807) is 6.92 Å². The zero-order valence-corrected chi connectivity index (χ0v) is 13.0. The van der Waals surface area contributed by atoms with Crippen molar-refractivity contribution < 1.29 is 8.42 Å². The summed E-state index contributed by atoms with van der Waals surface area (Å²) in [5.41, 5.74) is 0.469. The number of halogens is 1. The third kappa shape index (κ3) is 2.71. The number of rotatable bonds is 3. The van der Waals surface area contributed by atoms with E-state index >= 15 is 0 Å². The van der Waals surface area contributed by atoms with Crippen LogP contribution in [-0.2, 0) is 10.0 Å². The predicted molar refractivity (Wildman–Crippen MR) is 73.5 cm³/mol. The minimum atomic E-state index is -3.49. The molecule has 0 bridgehead atoms. The lowest BCUT2D eigenvalue weighted by Gasteiger charge is -2.19. The van der Waals surface area contributed by atoms with Gasteiger partial charge in [-0.05, 0) is 31.6 Å². The molecule has 1 saturated carbocycles. The highest BCUT2D eigenvalue weighted by atomic mass is 35.5. The monoisotopic (exact) mass is 308 g/mol. The number of nitrogens with one attached hydrogen (secondary N) is 1. The standard InChI is InChI=1S/C11H17ClN2O2S2/c1-6-4-5-9(7(6)2)14-18(15,16)10-8(3)13-11(12)17-10/h6-7,9,14H,4-5H2,1-3H3. The molecule has 1 fully saturated rings. The molecular weight excluding hydrogens is 292 g/mol. The van der Waals surface area contributed by atoms with Gasteiger partial charge in [-0.2, -0.15) is 0 Å². The largest absolute Gasteiger partial charge is 0.252 e. The lowest BCUT2D eigenvalue weighted by molar-refractivity contribution is 0.402. The summed E-state index contributed by atoms with van der Waals surface area (Å²) >= 11 is 6.77. The Labute approximate surface area is 117 Å². The van der Waals surface area contributed by atoms with Crippen molar-refractivity contribution in [2.24, 2.45) is 11.8 Å². The van der Waals surface area contributed by atoms with Crippen molar-refractivity contribution in [1.29, 1.82) is 0 Å². The first-order valence-electron chi connectivity index (χ1n) is 5.96. The van der Waals surface area contributed by atoms with Crippen LogP contribution in [-0.4, -0.2) is 19.4 Å². The van der Waals surface area contributed by atoms with Crippen molar-refractivity contribution in [1.82, 2.24) is 9.71 Å². The molecule has 0 aliphatic heterocycles. The Hall–Kier alpha value is -0.170. The van der Waals surface area contributed by atoms with Gasteiger partial charge in [-0.1, -0.05) is 36.8 Å². The molecule has 1 heterocycles. The minimum Gasteiger partial charge on any atom is -0.229 e. The fourth-order valence-corrected chi connectivity index (χ4v) is 5.50. The molecule has 0 spiro atoms. The average molecular weight is 309 g/mol. The van der Waals surface area contributed by atoms with Gasteiger partial charge in [0.25, 0.3) is 10.0 Å². The van der Waals surface area contributed by atoms with Gasteiger partial charge in [0, 0.05) is 6.04 Å². The van der Waals surface area contributed by atoms with Crippen LogP contribution in [0, 0.1) is 18.8 Å². The van der Waals surface area contributed by atoms with Gasteiger partial charge >= 0.3 is 0 Å². The first-order valence-corrected chi connectivity index (χ1v) is 8.64. The highest BCUT2D eigenvalue weighted by molar-refractivity contribution is 7.91. The van der Waals surface area contributed by atoms with E-state index in [1.165, 1.54) is 0 Å². The maximum absolute atomic E-state index is 12.3. The van der Waals surface area contributed by atoms with Gasteiger partial charge in [-0.15, -0.1) is 0 Å². The van der Waals surface area contributed by atoms with E-state index in [0.717, 1.165) is 24.2 Å². The Morgan fingerprint density at radius 3 is 2.50 bits per heavy atom. The van der Waals surface area contributed by atoms with Crippen molar-refractivity contribution in [3.8, 4) is 0 Å². The lowest BCUT2D eigenvalue weighted by Crippen LogP contribution is -2.37. The van der Waals surface area contributed by atoms with Crippen LogP contribution in [0.25, 0.3) is 0 Å².